The number of aromatic nitrogens is 2. The molecule has 0 saturated heterocycles. The van der Waals surface area contributed by atoms with Crippen LogP contribution in [0.15, 0.2) is 6.07 Å². The molecule has 1 atom stereocenters. The third kappa shape index (κ3) is 4.96. The van der Waals surface area contributed by atoms with Gasteiger partial charge >= 0.3 is 0 Å². The van der Waals surface area contributed by atoms with E-state index in [1.807, 2.05) is 6.07 Å². The van der Waals surface area contributed by atoms with E-state index in [2.05, 4.69) is 54.6 Å². The van der Waals surface area contributed by atoms with Crippen LogP contribution in [-0.4, -0.2) is 48.1 Å². The van der Waals surface area contributed by atoms with E-state index < -0.39 is 0 Å². The van der Waals surface area contributed by atoms with Gasteiger partial charge in [0.1, 0.15) is 16.8 Å². The molecule has 0 aliphatic rings. The first-order valence-electron chi connectivity index (χ1n) is 6.92. The second kappa shape index (κ2) is 7.65. The summed E-state index contributed by atoms with van der Waals surface area (Å²) in [6.45, 7) is 8.36. The van der Waals surface area contributed by atoms with E-state index in [1.54, 1.807) is 0 Å². The maximum atomic E-state index is 6.11. The lowest BCUT2D eigenvalue weighted by molar-refractivity contribution is 0.372. The predicted molar refractivity (Wildman–Crippen MR) is 82.1 cm³/mol. The topological polar surface area (TPSA) is 32.3 Å². The molecule has 0 amide bonds. The van der Waals surface area contributed by atoms with Crippen molar-refractivity contribution in [2.75, 3.05) is 32.1 Å². The van der Waals surface area contributed by atoms with E-state index in [9.17, 15) is 0 Å². The Kier molecular flexibility index (Phi) is 6.52. The molecule has 0 N–H and O–H groups in total. The van der Waals surface area contributed by atoms with Crippen molar-refractivity contribution in [3.63, 3.8) is 0 Å². The minimum Gasteiger partial charge on any atom is -0.353 e. The van der Waals surface area contributed by atoms with Crippen LogP contribution < -0.4 is 4.90 Å². The first kappa shape index (κ1) is 16.2. The predicted octanol–water partition coefficient (Wildman–Crippen LogP) is 2.86. The summed E-state index contributed by atoms with van der Waals surface area (Å²) in [5.41, 5.74) is 0. The van der Waals surface area contributed by atoms with Gasteiger partial charge in [-0.25, -0.2) is 9.97 Å². The molecular formula is C14H25ClN4. The average Bonchev–Trinajstić information content (AvgIpc) is 2.28. The SMILES string of the molecule is CCCc1nc(Cl)cc(N(CC)C(C)CN(C)C)n1. The third-order valence-electron chi connectivity index (χ3n) is 3.00. The molecule has 1 heterocycles. The van der Waals surface area contributed by atoms with Crippen LogP contribution in [0.2, 0.25) is 5.15 Å². The van der Waals surface area contributed by atoms with Crippen molar-refractivity contribution >= 4 is 17.4 Å². The molecule has 5 heteroatoms. The number of aryl methyl sites for hydroxylation is 1. The van der Waals surface area contributed by atoms with Crippen LogP contribution in [0.4, 0.5) is 5.82 Å². The minimum atomic E-state index is 0.389. The zero-order valence-corrected chi connectivity index (χ0v) is 13.4. The Balaban J connectivity index is 2.96. The Morgan fingerprint density at radius 2 is 1.95 bits per heavy atom. The monoisotopic (exact) mass is 284 g/mol. The normalized spacial score (nSPS) is 12.8. The highest BCUT2D eigenvalue weighted by Crippen LogP contribution is 2.19. The highest BCUT2D eigenvalue weighted by atomic mass is 35.5. The molecule has 4 nitrogen and oxygen atoms in total. The van der Waals surface area contributed by atoms with Gasteiger partial charge in [0.2, 0.25) is 0 Å². The van der Waals surface area contributed by atoms with Gasteiger partial charge in [-0.1, -0.05) is 18.5 Å². The summed E-state index contributed by atoms with van der Waals surface area (Å²) in [4.78, 5) is 13.4. The van der Waals surface area contributed by atoms with Crippen LogP contribution in [0, 0.1) is 0 Å². The fourth-order valence-electron chi connectivity index (χ4n) is 2.26. The van der Waals surface area contributed by atoms with E-state index in [1.165, 1.54) is 0 Å². The molecule has 1 unspecified atom stereocenters. The number of hydrogen-bond donors (Lipinski definition) is 0. The van der Waals surface area contributed by atoms with E-state index >= 15 is 0 Å². The maximum absolute atomic E-state index is 6.11. The molecule has 0 spiro atoms. The van der Waals surface area contributed by atoms with Crippen LogP contribution in [0.3, 0.4) is 0 Å². The summed E-state index contributed by atoms with van der Waals surface area (Å²) in [5.74, 6) is 1.76. The molecule has 19 heavy (non-hydrogen) atoms. The van der Waals surface area contributed by atoms with Gasteiger partial charge in [0, 0.05) is 31.6 Å². The van der Waals surface area contributed by atoms with Gasteiger partial charge in [0.25, 0.3) is 0 Å². The fourth-order valence-corrected chi connectivity index (χ4v) is 2.46. The number of rotatable bonds is 7. The third-order valence-corrected chi connectivity index (χ3v) is 3.19. The molecule has 0 aliphatic heterocycles. The number of likely N-dealkylation sites (N-methyl/N-ethyl adjacent to an activating group) is 2. The average molecular weight is 285 g/mol. The lowest BCUT2D eigenvalue weighted by atomic mass is 10.2. The lowest BCUT2D eigenvalue weighted by Gasteiger charge is -2.31. The number of anilines is 1. The van der Waals surface area contributed by atoms with Crippen LogP contribution in [0.5, 0.6) is 0 Å². The Bertz CT molecular complexity index is 395. The van der Waals surface area contributed by atoms with E-state index in [0.29, 0.717) is 11.2 Å². The Morgan fingerprint density at radius 1 is 1.26 bits per heavy atom. The van der Waals surface area contributed by atoms with Gasteiger partial charge in [-0.2, -0.15) is 0 Å². The zero-order valence-electron chi connectivity index (χ0n) is 12.6. The highest BCUT2D eigenvalue weighted by Gasteiger charge is 2.16. The molecule has 0 aromatic carbocycles. The Morgan fingerprint density at radius 3 is 2.47 bits per heavy atom. The largest absolute Gasteiger partial charge is 0.353 e. The first-order chi connectivity index (χ1) is 8.97. The Hall–Kier alpha value is -0.870. The quantitative estimate of drug-likeness (QED) is 0.721. The molecule has 1 rings (SSSR count). The van der Waals surface area contributed by atoms with Crippen molar-refractivity contribution in [2.45, 2.75) is 39.7 Å². The van der Waals surface area contributed by atoms with Crippen LogP contribution in [0.25, 0.3) is 0 Å². The van der Waals surface area contributed by atoms with Crippen molar-refractivity contribution in [1.29, 1.82) is 0 Å². The van der Waals surface area contributed by atoms with E-state index in [0.717, 1.165) is 37.6 Å². The van der Waals surface area contributed by atoms with E-state index in [-0.39, 0.29) is 0 Å². The van der Waals surface area contributed by atoms with Crippen molar-refractivity contribution in [3.8, 4) is 0 Å². The molecular weight excluding hydrogens is 260 g/mol. The molecule has 1 aromatic rings. The van der Waals surface area contributed by atoms with Gasteiger partial charge in [-0.3, -0.25) is 0 Å². The molecule has 0 radical (unpaired) electrons. The number of halogens is 1. The maximum Gasteiger partial charge on any atom is 0.134 e. The van der Waals surface area contributed by atoms with Gasteiger partial charge in [-0.15, -0.1) is 0 Å². The van der Waals surface area contributed by atoms with E-state index in [4.69, 9.17) is 11.6 Å². The van der Waals surface area contributed by atoms with Gasteiger partial charge in [0.05, 0.1) is 0 Å². The van der Waals surface area contributed by atoms with Gasteiger partial charge < -0.3 is 9.80 Å². The summed E-state index contributed by atoms with van der Waals surface area (Å²) in [6, 6.07) is 2.25. The molecule has 0 bridgehead atoms. The summed E-state index contributed by atoms with van der Waals surface area (Å²) in [5, 5.41) is 0.531. The van der Waals surface area contributed by atoms with Gasteiger partial charge in [-0.05, 0) is 34.4 Å². The molecule has 108 valence electrons. The van der Waals surface area contributed by atoms with Crippen molar-refractivity contribution in [3.05, 3.63) is 17.0 Å². The molecule has 1 aromatic heterocycles. The van der Waals surface area contributed by atoms with Crippen LogP contribution in [0.1, 0.15) is 33.0 Å². The summed E-state index contributed by atoms with van der Waals surface area (Å²) in [6.07, 6.45) is 1.90. The fraction of sp³-hybridized carbons (Fsp3) is 0.714. The molecule has 0 saturated carbocycles. The number of hydrogen-bond acceptors (Lipinski definition) is 4. The molecule has 0 aliphatic carbocycles. The van der Waals surface area contributed by atoms with Crippen molar-refractivity contribution in [1.82, 2.24) is 14.9 Å². The summed E-state index contributed by atoms with van der Waals surface area (Å²) in [7, 11) is 4.17. The second-order valence-corrected chi connectivity index (χ2v) is 5.50. The summed E-state index contributed by atoms with van der Waals surface area (Å²) >= 11 is 6.11. The second-order valence-electron chi connectivity index (χ2n) is 5.11. The van der Waals surface area contributed by atoms with Crippen molar-refractivity contribution in [2.24, 2.45) is 0 Å². The Labute approximate surface area is 121 Å². The standard InChI is InChI=1S/C14H25ClN4/c1-6-8-13-16-12(15)9-14(17-13)19(7-2)11(3)10-18(4)5/h9,11H,6-8,10H2,1-5H3. The smallest absolute Gasteiger partial charge is 0.134 e. The molecule has 0 fully saturated rings. The minimum absolute atomic E-state index is 0.389. The first-order valence-corrected chi connectivity index (χ1v) is 7.30. The van der Waals surface area contributed by atoms with Crippen LogP contribution >= 0.6 is 11.6 Å². The lowest BCUT2D eigenvalue weighted by Crippen LogP contribution is -2.40. The van der Waals surface area contributed by atoms with Gasteiger partial charge in [0.15, 0.2) is 0 Å². The zero-order chi connectivity index (χ0) is 14.4. The highest BCUT2D eigenvalue weighted by molar-refractivity contribution is 6.29. The summed E-state index contributed by atoms with van der Waals surface area (Å²) < 4.78 is 0. The van der Waals surface area contributed by atoms with Crippen molar-refractivity contribution < 1.29 is 0 Å². The number of nitrogens with zero attached hydrogens (tertiary/aromatic N) is 4. The van der Waals surface area contributed by atoms with Crippen LogP contribution in [-0.2, 0) is 6.42 Å².